The van der Waals surface area contributed by atoms with Crippen molar-refractivity contribution < 1.29 is 28.4 Å². The summed E-state index contributed by atoms with van der Waals surface area (Å²) < 4.78 is 17.9. The van der Waals surface area contributed by atoms with Crippen molar-refractivity contribution in [1.29, 1.82) is 0 Å². The number of nitro groups is 1. The maximum atomic E-state index is 13.2. The second kappa shape index (κ2) is 6.81. The third kappa shape index (κ3) is 4.22. The zero-order valence-corrected chi connectivity index (χ0v) is 11.7. The summed E-state index contributed by atoms with van der Waals surface area (Å²) in [7, 11) is 0. The Balaban J connectivity index is 1.87. The highest BCUT2D eigenvalue weighted by Gasteiger charge is 2.28. The van der Waals surface area contributed by atoms with Gasteiger partial charge in [0.15, 0.2) is 6.61 Å². The van der Waals surface area contributed by atoms with Gasteiger partial charge >= 0.3 is 11.7 Å². The monoisotopic (exact) mass is 325 g/mol. The minimum absolute atomic E-state index is 0.00619. The summed E-state index contributed by atoms with van der Waals surface area (Å²) in [6.45, 7) is -0.629. The number of carbonyl (C=O) groups excluding carboxylic acids is 3. The van der Waals surface area contributed by atoms with Crippen molar-refractivity contribution in [2.75, 3.05) is 11.9 Å². The van der Waals surface area contributed by atoms with Crippen LogP contribution in [0.4, 0.5) is 15.8 Å². The van der Waals surface area contributed by atoms with E-state index in [-0.39, 0.29) is 18.0 Å². The number of hydrogen-bond acceptors (Lipinski definition) is 6. The van der Waals surface area contributed by atoms with Crippen LogP contribution in [0.1, 0.15) is 12.8 Å². The molecule has 1 aliphatic heterocycles. The number of amides is 2. The Morgan fingerprint density at radius 2 is 2.22 bits per heavy atom. The Morgan fingerprint density at radius 3 is 2.83 bits per heavy atom. The molecule has 10 heteroatoms. The topological polar surface area (TPSA) is 128 Å². The second-order valence-corrected chi connectivity index (χ2v) is 4.74. The molecule has 1 atom stereocenters. The molecule has 1 saturated heterocycles. The lowest BCUT2D eigenvalue weighted by Gasteiger charge is -2.10. The van der Waals surface area contributed by atoms with Crippen LogP contribution in [0.25, 0.3) is 0 Å². The molecule has 1 unspecified atom stereocenters. The van der Waals surface area contributed by atoms with Crippen molar-refractivity contribution in [1.82, 2.24) is 5.32 Å². The van der Waals surface area contributed by atoms with Crippen LogP contribution in [0.2, 0.25) is 0 Å². The van der Waals surface area contributed by atoms with Gasteiger partial charge in [-0.2, -0.15) is 4.39 Å². The van der Waals surface area contributed by atoms with Crippen LogP contribution in [-0.2, 0) is 19.1 Å². The molecule has 0 spiro atoms. The predicted octanol–water partition coefficient (Wildman–Crippen LogP) is 0.494. The average molecular weight is 325 g/mol. The minimum Gasteiger partial charge on any atom is -0.454 e. The predicted molar refractivity (Wildman–Crippen MR) is 73.8 cm³/mol. The number of anilines is 1. The summed E-state index contributed by atoms with van der Waals surface area (Å²) in [5, 5.41) is 15.2. The first-order valence-electron chi connectivity index (χ1n) is 6.56. The summed E-state index contributed by atoms with van der Waals surface area (Å²) >= 11 is 0. The van der Waals surface area contributed by atoms with E-state index >= 15 is 0 Å². The number of hydrogen-bond donors (Lipinski definition) is 2. The van der Waals surface area contributed by atoms with E-state index < -0.39 is 41.0 Å². The molecule has 1 heterocycles. The summed E-state index contributed by atoms with van der Waals surface area (Å²) in [4.78, 5) is 43.8. The number of benzene rings is 1. The molecule has 2 rings (SSSR count). The van der Waals surface area contributed by atoms with Crippen molar-refractivity contribution in [2.24, 2.45) is 0 Å². The van der Waals surface area contributed by atoms with E-state index in [9.17, 15) is 28.9 Å². The fourth-order valence-electron chi connectivity index (χ4n) is 1.96. The van der Waals surface area contributed by atoms with Crippen molar-refractivity contribution in [3.63, 3.8) is 0 Å². The fraction of sp³-hybridized carbons (Fsp3) is 0.308. The van der Waals surface area contributed by atoms with Gasteiger partial charge in [-0.1, -0.05) is 0 Å². The minimum atomic E-state index is -1.03. The highest BCUT2D eigenvalue weighted by Crippen LogP contribution is 2.21. The van der Waals surface area contributed by atoms with Crippen LogP contribution in [-0.4, -0.2) is 35.4 Å². The van der Waals surface area contributed by atoms with Gasteiger partial charge < -0.3 is 15.4 Å². The highest BCUT2D eigenvalue weighted by molar-refractivity contribution is 5.94. The summed E-state index contributed by atoms with van der Waals surface area (Å²) in [6.07, 6.45) is 0.509. The molecule has 1 aromatic carbocycles. The molecule has 0 saturated carbocycles. The smallest absolute Gasteiger partial charge is 0.329 e. The largest absolute Gasteiger partial charge is 0.454 e. The van der Waals surface area contributed by atoms with Crippen molar-refractivity contribution >= 4 is 29.2 Å². The maximum absolute atomic E-state index is 13.2. The van der Waals surface area contributed by atoms with Gasteiger partial charge in [-0.15, -0.1) is 0 Å². The molecule has 2 N–H and O–H groups in total. The second-order valence-electron chi connectivity index (χ2n) is 4.74. The van der Waals surface area contributed by atoms with E-state index in [4.69, 9.17) is 4.74 Å². The molecule has 9 nitrogen and oxygen atoms in total. The third-order valence-corrected chi connectivity index (χ3v) is 3.05. The van der Waals surface area contributed by atoms with Gasteiger partial charge in [0.25, 0.3) is 5.91 Å². The standard InChI is InChI=1S/C13H12FN3O6/c14-8-2-1-7(5-10(8)17(21)22)15-12(19)6-23-13(20)9-3-4-11(18)16-9/h1-2,5,9H,3-4,6H2,(H,15,19)(H,16,18). The van der Waals surface area contributed by atoms with Gasteiger partial charge in [0.1, 0.15) is 6.04 Å². The van der Waals surface area contributed by atoms with Gasteiger partial charge in [-0.25, -0.2) is 4.79 Å². The van der Waals surface area contributed by atoms with E-state index in [2.05, 4.69) is 10.6 Å². The number of nitrogens with one attached hydrogen (secondary N) is 2. The molecule has 1 aromatic rings. The zero-order chi connectivity index (χ0) is 17.0. The molecular weight excluding hydrogens is 313 g/mol. The van der Waals surface area contributed by atoms with Crippen LogP contribution < -0.4 is 10.6 Å². The fourth-order valence-corrected chi connectivity index (χ4v) is 1.96. The summed E-state index contributed by atoms with van der Waals surface area (Å²) in [5.41, 5.74) is -0.790. The van der Waals surface area contributed by atoms with Gasteiger partial charge in [0, 0.05) is 18.2 Å². The van der Waals surface area contributed by atoms with Crippen LogP contribution in [0.5, 0.6) is 0 Å². The van der Waals surface area contributed by atoms with E-state index in [1.54, 1.807) is 0 Å². The number of halogens is 1. The molecular formula is C13H12FN3O6. The van der Waals surface area contributed by atoms with E-state index in [0.29, 0.717) is 6.42 Å². The number of carbonyl (C=O) groups is 3. The van der Waals surface area contributed by atoms with Gasteiger partial charge in [-0.05, 0) is 18.6 Å². The summed E-state index contributed by atoms with van der Waals surface area (Å²) in [6, 6.07) is 2.06. The Bertz CT molecular complexity index is 678. The maximum Gasteiger partial charge on any atom is 0.329 e. The first kappa shape index (κ1) is 16.3. The molecule has 0 bridgehead atoms. The molecule has 1 aliphatic rings. The molecule has 0 radical (unpaired) electrons. The highest BCUT2D eigenvalue weighted by atomic mass is 19.1. The van der Waals surface area contributed by atoms with E-state index in [1.165, 1.54) is 0 Å². The normalized spacial score (nSPS) is 16.6. The molecule has 0 aliphatic carbocycles. The van der Waals surface area contributed by atoms with Crippen molar-refractivity contribution in [3.8, 4) is 0 Å². The molecule has 23 heavy (non-hydrogen) atoms. The lowest BCUT2D eigenvalue weighted by atomic mass is 10.2. The Hall–Kier alpha value is -3.04. The van der Waals surface area contributed by atoms with Gasteiger partial charge in [-0.3, -0.25) is 19.7 Å². The van der Waals surface area contributed by atoms with Crippen molar-refractivity contribution in [2.45, 2.75) is 18.9 Å². The van der Waals surface area contributed by atoms with Crippen LogP contribution in [0.15, 0.2) is 18.2 Å². The molecule has 1 fully saturated rings. The van der Waals surface area contributed by atoms with Gasteiger partial charge in [0.05, 0.1) is 4.92 Å². The van der Waals surface area contributed by atoms with E-state index in [1.807, 2.05) is 0 Å². The van der Waals surface area contributed by atoms with Crippen molar-refractivity contribution in [3.05, 3.63) is 34.1 Å². The average Bonchev–Trinajstić information content (AvgIpc) is 2.93. The zero-order valence-electron chi connectivity index (χ0n) is 11.7. The van der Waals surface area contributed by atoms with Gasteiger partial charge in [0.2, 0.25) is 11.7 Å². The quantitative estimate of drug-likeness (QED) is 0.461. The summed E-state index contributed by atoms with van der Waals surface area (Å²) in [5.74, 6) is -2.79. The number of nitrogens with zero attached hydrogens (tertiary/aromatic N) is 1. The van der Waals surface area contributed by atoms with Crippen LogP contribution >= 0.6 is 0 Å². The molecule has 0 aromatic heterocycles. The Kier molecular flexibility index (Phi) is 4.84. The first-order chi connectivity index (χ1) is 10.9. The number of rotatable bonds is 5. The first-order valence-corrected chi connectivity index (χ1v) is 6.56. The molecule has 122 valence electrons. The number of esters is 1. The van der Waals surface area contributed by atoms with E-state index in [0.717, 1.165) is 18.2 Å². The Labute approximate surface area is 128 Å². The third-order valence-electron chi connectivity index (χ3n) is 3.05. The lowest BCUT2D eigenvalue weighted by Crippen LogP contribution is -2.36. The Morgan fingerprint density at radius 1 is 1.48 bits per heavy atom. The van der Waals surface area contributed by atoms with Crippen LogP contribution in [0.3, 0.4) is 0 Å². The number of ether oxygens (including phenoxy) is 1. The SMILES string of the molecule is O=C(COC(=O)C1CCC(=O)N1)Nc1ccc(F)c([N+](=O)[O-])c1. The van der Waals surface area contributed by atoms with Crippen LogP contribution in [0, 0.1) is 15.9 Å². The number of nitro benzene ring substituents is 1. The molecule has 2 amide bonds. The lowest BCUT2D eigenvalue weighted by molar-refractivity contribution is -0.387.